The van der Waals surface area contributed by atoms with Gasteiger partial charge in [0.15, 0.2) is 4.96 Å². The molecule has 2 aromatic rings. The van der Waals surface area contributed by atoms with Crippen molar-refractivity contribution in [2.75, 3.05) is 0 Å². The Hall–Kier alpha value is -0.870. The molecule has 4 heteroatoms. The van der Waals surface area contributed by atoms with E-state index in [1.165, 1.54) is 19.3 Å². The Morgan fingerprint density at radius 2 is 2.47 bits per heavy atom. The molecule has 17 heavy (non-hydrogen) atoms. The summed E-state index contributed by atoms with van der Waals surface area (Å²) >= 11 is 1.68. The quantitative estimate of drug-likeness (QED) is 0.909. The highest BCUT2D eigenvalue weighted by Gasteiger charge is 2.27. The summed E-state index contributed by atoms with van der Waals surface area (Å²) in [5, 5.41) is 2.06. The second-order valence-corrected chi connectivity index (χ2v) is 6.24. The molecule has 3 unspecified atom stereocenters. The Balaban J connectivity index is 1.68. The summed E-state index contributed by atoms with van der Waals surface area (Å²) in [6, 6.07) is 0.282. The molecule has 2 aromatic heterocycles. The molecule has 0 radical (unpaired) electrons. The molecule has 3 atom stereocenters. The van der Waals surface area contributed by atoms with Gasteiger partial charge in [0.1, 0.15) is 0 Å². The van der Waals surface area contributed by atoms with Crippen molar-refractivity contribution in [1.82, 2.24) is 9.38 Å². The van der Waals surface area contributed by atoms with Crippen LogP contribution >= 0.6 is 11.3 Å². The van der Waals surface area contributed by atoms with E-state index in [-0.39, 0.29) is 6.04 Å². The van der Waals surface area contributed by atoms with E-state index in [1.54, 1.807) is 11.3 Å². The maximum Gasteiger partial charge on any atom is 0.193 e. The number of nitrogens with zero attached hydrogens (tertiary/aromatic N) is 2. The molecule has 0 saturated heterocycles. The van der Waals surface area contributed by atoms with E-state index in [4.69, 9.17) is 5.73 Å². The van der Waals surface area contributed by atoms with E-state index >= 15 is 0 Å². The largest absolute Gasteiger partial charge is 0.327 e. The normalized spacial score (nSPS) is 26.7. The summed E-state index contributed by atoms with van der Waals surface area (Å²) in [6.45, 7) is 2.33. The van der Waals surface area contributed by atoms with Gasteiger partial charge in [0.25, 0.3) is 0 Å². The fourth-order valence-corrected chi connectivity index (χ4v) is 3.64. The van der Waals surface area contributed by atoms with Gasteiger partial charge in [-0.2, -0.15) is 0 Å². The van der Waals surface area contributed by atoms with Gasteiger partial charge in [0, 0.05) is 30.2 Å². The first-order chi connectivity index (χ1) is 8.22. The fourth-order valence-electron chi connectivity index (χ4n) is 2.92. The molecule has 0 aliphatic heterocycles. The van der Waals surface area contributed by atoms with E-state index in [0.29, 0.717) is 5.92 Å². The SMILES string of the molecule is CC1CCC(C(N)Cc2cn3ccsc3n2)C1. The summed E-state index contributed by atoms with van der Waals surface area (Å²) in [5.74, 6) is 1.56. The second kappa shape index (κ2) is 4.42. The van der Waals surface area contributed by atoms with Crippen molar-refractivity contribution in [2.24, 2.45) is 17.6 Å². The zero-order valence-corrected chi connectivity index (χ0v) is 11.0. The molecule has 1 aliphatic rings. The first-order valence-electron chi connectivity index (χ1n) is 6.39. The van der Waals surface area contributed by atoms with Crippen LogP contribution in [0, 0.1) is 11.8 Å². The summed E-state index contributed by atoms with van der Waals surface area (Å²) in [6.07, 6.45) is 9.03. The summed E-state index contributed by atoms with van der Waals surface area (Å²) in [7, 11) is 0. The Bertz CT molecular complexity index is 473. The first kappa shape index (κ1) is 11.2. The van der Waals surface area contributed by atoms with Crippen LogP contribution in [0.3, 0.4) is 0 Å². The molecule has 92 valence electrons. The fraction of sp³-hybridized carbons (Fsp3) is 0.615. The molecular formula is C13H19N3S. The van der Waals surface area contributed by atoms with Crippen LogP contribution in [0.25, 0.3) is 4.96 Å². The molecule has 1 saturated carbocycles. The molecule has 0 bridgehead atoms. The molecule has 0 spiro atoms. The van der Waals surface area contributed by atoms with Crippen molar-refractivity contribution in [3.05, 3.63) is 23.5 Å². The smallest absolute Gasteiger partial charge is 0.193 e. The molecule has 2 N–H and O–H groups in total. The van der Waals surface area contributed by atoms with Crippen LogP contribution in [0.15, 0.2) is 17.8 Å². The van der Waals surface area contributed by atoms with E-state index in [1.807, 2.05) is 0 Å². The average molecular weight is 249 g/mol. The second-order valence-electron chi connectivity index (χ2n) is 5.37. The predicted octanol–water partition coefficient (Wildman–Crippen LogP) is 2.70. The Kier molecular flexibility index (Phi) is 2.92. The van der Waals surface area contributed by atoms with E-state index in [0.717, 1.165) is 23.0 Å². The molecule has 1 aliphatic carbocycles. The minimum atomic E-state index is 0.282. The zero-order valence-electron chi connectivity index (χ0n) is 10.2. The average Bonchev–Trinajstić information content (AvgIpc) is 2.92. The molecule has 3 nitrogen and oxygen atoms in total. The van der Waals surface area contributed by atoms with Crippen LogP contribution < -0.4 is 5.73 Å². The Morgan fingerprint density at radius 3 is 3.18 bits per heavy atom. The van der Waals surface area contributed by atoms with Gasteiger partial charge in [-0.25, -0.2) is 4.98 Å². The molecule has 3 rings (SSSR count). The van der Waals surface area contributed by atoms with Crippen molar-refractivity contribution in [2.45, 2.75) is 38.6 Å². The molecule has 1 fully saturated rings. The van der Waals surface area contributed by atoms with Crippen LogP contribution in [-0.4, -0.2) is 15.4 Å². The summed E-state index contributed by atoms with van der Waals surface area (Å²) in [4.78, 5) is 5.68. The van der Waals surface area contributed by atoms with Gasteiger partial charge in [-0.3, -0.25) is 4.40 Å². The van der Waals surface area contributed by atoms with Gasteiger partial charge in [-0.1, -0.05) is 13.3 Å². The van der Waals surface area contributed by atoms with E-state index in [2.05, 4.69) is 34.1 Å². The standard InChI is InChI=1S/C13H19N3S/c1-9-2-3-10(6-9)12(14)7-11-8-16-4-5-17-13(16)15-11/h4-5,8-10,12H,2-3,6-7,14H2,1H3. The van der Waals surface area contributed by atoms with Crippen molar-refractivity contribution in [3.8, 4) is 0 Å². The van der Waals surface area contributed by atoms with Crippen molar-refractivity contribution < 1.29 is 0 Å². The number of thiazole rings is 1. The lowest BCUT2D eigenvalue weighted by Gasteiger charge is -2.17. The molecule has 0 amide bonds. The highest BCUT2D eigenvalue weighted by molar-refractivity contribution is 7.15. The van der Waals surface area contributed by atoms with Crippen molar-refractivity contribution in [3.63, 3.8) is 0 Å². The highest BCUT2D eigenvalue weighted by Crippen LogP contribution is 2.32. The number of hydrogen-bond donors (Lipinski definition) is 1. The maximum absolute atomic E-state index is 6.32. The van der Waals surface area contributed by atoms with Crippen LogP contribution in [-0.2, 0) is 6.42 Å². The van der Waals surface area contributed by atoms with Gasteiger partial charge in [-0.05, 0) is 24.7 Å². The number of nitrogens with two attached hydrogens (primary N) is 1. The number of aromatic nitrogens is 2. The van der Waals surface area contributed by atoms with Crippen LogP contribution in [0.2, 0.25) is 0 Å². The lowest BCUT2D eigenvalue weighted by atomic mass is 9.94. The van der Waals surface area contributed by atoms with E-state index in [9.17, 15) is 0 Å². The van der Waals surface area contributed by atoms with Crippen molar-refractivity contribution in [1.29, 1.82) is 0 Å². The maximum atomic E-state index is 6.32. The Labute approximate surface area is 106 Å². The monoisotopic (exact) mass is 249 g/mol. The van der Waals surface area contributed by atoms with E-state index < -0.39 is 0 Å². The lowest BCUT2D eigenvalue weighted by Crippen LogP contribution is -2.31. The molecule has 2 heterocycles. The molecule has 0 aromatic carbocycles. The van der Waals surface area contributed by atoms with Gasteiger partial charge in [-0.15, -0.1) is 11.3 Å². The number of hydrogen-bond acceptors (Lipinski definition) is 3. The third-order valence-corrected chi connectivity index (χ3v) is 4.70. The predicted molar refractivity (Wildman–Crippen MR) is 71.3 cm³/mol. The summed E-state index contributed by atoms with van der Waals surface area (Å²) in [5.41, 5.74) is 7.46. The molecular weight excluding hydrogens is 230 g/mol. The van der Waals surface area contributed by atoms with Crippen molar-refractivity contribution >= 4 is 16.3 Å². The van der Waals surface area contributed by atoms with Crippen LogP contribution in [0.1, 0.15) is 31.9 Å². The topological polar surface area (TPSA) is 43.3 Å². The first-order valence-corrected chi connectivity index (χ1v) is 7.27. The minimum absolute atomic E-state index is 0.282. The number of imidazole rings is 1. The number of fused-ring (bicyclic) bond motifs is 1. The lowest BCUT2D eigenvalue weighted by molar-refractivity contribution is 0.413. The van der Waals surface area contributed by atoms with Gasteiger partial charge in [0.05, 0.1) is 5.69 Å². The van der Waals surface area contributed by atoms with Gasteiger partial charge in [0.2, 0.25) is 0 Å². The van der Waals surface area contributed by atoms with Crippen LogP contribution in [0.5, 0.6) is 0 Å². The third-order valence-electron chi connectivity index (χ3n) is 3.93. The minimum Gasteiger partial charge on any atom is -0.327 e. The zero-order chi connectivity index (χ0) is 11.8. The Morgan fingerprint density at radius 1 is 1.59 bits per heavy atom. The van der Waals surface area contributed by atoms with Gasteiger partial charge < -0.3 is 5.73 Å². The van der Waals surface area contributed by atoms with Crippen LogP contribution in [0.4, 0.5) is 0 Å². The summed E-state index contributed by atoms with van der Waals surface area (Å²) < 4.78 is 2.09. The van der Waals surface area contributed by atoms with Gasteiger partial charge >= 0.3 is 0 Å². The number of rotatable bonds is 3. The third kappa shape index (κ3) is 2.24. The highest BCUT2D eigenvalue weighted by atomic mass is 32.1.